The van der Waals surface area contributed by atoms with Crippen molar-refractivity contribution in [1.82, 2.24) is 5.32 Å². The Morgan fingerprint density at radius 3 is 2.42 bits per heavy atom. The van der Waals surface area contributed by atoms with Gasteiger partial charge in [0.25, 0.3) is 0 Å². The molecule has 0 aromatic heterocycles. The molecule has 1 aliphatic rings. The van der Waals surface area contributed by atoms with Crippen LogP contribution in [0.1, 0.15) is 27.2 Å². The van der Waals surface area contributed by atoms with Gasteiger partial charge in [0.2, 0.25) is 0 Å². The largest absolute Gasteiger partial charge is 0.388 e. The highest BCUT2D eigenvalue weighted by Gasteiger charge is 2.43. The van der Waals surface area contributed by atoms with Gasteiger partial charge in [-0.15, -0.1) is 0 Å². The van der Waals surface area contributed by atoms with E-state index in [4.69, 9.17) is 9.47 Å². The average molecular weight is 277 g/mol. The normalized spacial score (nSPS) is 35.8. The van der Waals surface area contributed by atoms with Crippen LogP contribution < -0.4 is 5.32 Å². The van der Waals surface area contributed by atoms with Crippen molar-refractivity contribution < 1.29 is 24.8 Å². The lowest BCUT2D eigenvalue weighted by Gasteiger charge is -2.40. The van der Waals surface area contributed by atoms with Crippen molar-refractivity contribution in [2.45, 2.75) is 57.9 Å². The molecule has 114 valence electrons. The van der Waals surface area contributed by atoms with Gasteiger partial charge in [-0.1, -0.05) is 20.8 Å². The highest BCUT2D eigenvalue weighted by atomic mass is 16.7. The van der Waals surface area contributed by atoms with Crippen LogP contribution in [0.4, 0.5) is 0 Å². The fourth-order valence-electron chi connectivity index (χ4n) is 1.93. The van der Waals surface area contributed by atoms with E-state index in [0.29, 0.717) is 19.1 Å². The minimum Gasteiger partial charge on any atom is -0.388 e. The van der Waals surface area contributed by atoms with E-state index in [1.165, 1.54) is 0 Å². The summed E-state index contributed by atoms with van der Waals surface area (Å²) in [7, 11) is 0. The van der Waals surface area contributed by atoms with Gasteiger partial charge in [-0.3, -0.25) is 0 Å². The van der Waals surface area contributed by atoms with Gasteiger partial charge in [0.1, 0.15) is 24.4 Å². The highest BCUT2D eigenvalue weighted by Crippen LogP contribution is 2.22. The number of aliphatic hydroxyl groups is 3. The van der Waals surface area contributed by atoms with Crippen LogP contribution in [-0.4, -0.2) is 65.7 Å². The zero-order valence-corrected chi connectivity index (χ0v) is 12.0. The Kier molecular flexibility index (Phi) is 7.20. The minimum atomic E-state index is -1.25. The molecule has 0 amide bonds. The Balaban J connectivity index is 2.52. The van der Waals surface area contributed by atoms with Crippen LogP contribution in [0.3, 0.4) is 0 Å². The lowest BCUT2D eigenvalue weighted by atomic mass is 9.99. The van der Waals surface area contributed by atoms with E-state index in [9.17, 15) is 15.3 Å². The number of aliphatic hydroxyl groups excluding tert-OH is 3. The molecule has 5 atom stereocenters. The maximum atomic E-state index is 9.87. The summed E-state index contributed by atoms with van der Waals surface area (Å²) in [5, 5.41) is 32.6. The van der Waals surface area contributed by atoms with Crippen LogP contribution in [0.25, 0.3) is 0 Å². The van der Waals surface area contributed by atoms with Crippen LogP contribution in [0, 0.1) is 5.92 Å². The molecule has 0 aliphatic carbocycles. The first-order valence-corrected chi connectivity index (χ1v) is 6.99. The molecule has 0 unspecified atom stereocenters. The molecule has 6 nitrogen and oxygen atoms in total. The second-order valence-electron chi connectivity index (χ2n) is 5.45. The van der Waals surface area contributed by atoms with Gasteiger partial charge in [0.05, 0.1) is 6.61 Å². The maximum Gasteiger partial charge on any atom is 0.186 e. The number of ether oxygens (including phenoxy) is 2. The first-order chi connectivity index (χ1) is 8.97. The molecule has 0 aromatic rings. The van der Waals surface area contributed by atoms with E-state index in [0.717, 1.165) is 13.0 Å². The van der Waals surface area contributed by atoms with Gasteiger partial charge < -0.3 is 30.1 Å². The fraction of sp³-hybridized carbons (Fsp3) is 1.00. The van der Waals surface area contributed by atoms with Crippen molar-refractivity contribution >= 4 is 0 Å². The molecule has 1 fully saturated rings. The fourth-order valence-corrected chi connectivity index (χ4v) is 1.93. The zero-order valence-electron chi connectivity index (χ0n) is 12.0. The third kappa shape index (κ3) is 4.98. The second-order valence-corrected chi connectivity index (χ2v) is 5.45. The quantitative estimate of drug-likeness (QED) is 0.468. The van der Waals surface area contributed by atoms with Gasteiger partial charge in [-0.2, -0.15) is 0 Å². The van der Waals surface area contributed by atoms with E-state index < -0.39 is 30.7 Å². The van der Waals surface area contributed by atoms with E-state index in [1.807, 2.05) is 20.8 Å². The number of nitrogens with one attached hydrogen (secondary N) is 1. The first kappa shape index (κ1) is 16.8. The third-order valence-electron chi connectivity index (χ3n) is 3.03. The second kappa shape index (κ2) is 8.14. The molecule has 0 spiro atoms. The Morgan fingerprint density at radius 2 is 1.84 bits per heavy atom. The molecule has 0 saturated carbocycles. The molecular formula is C13H27NO5. The van der Waals surface area contributed by atoms with E-state index >= 15 is 0 Å². The lowest BCUT2D eigenvalue weighted by Crippen LogP contribution is -2.60. The van der Waals surface area contributed by atoms with Crippen molar-refractivity contribution in [2.24, 2.45) is 5.92 Å². The van der Waals surface area contributed by atoms with Gasteiger partial charge >= 0.3 is 0 Å². The minimum absolute atomic E-state index is 0.302. The third-order valence-corrected chi connectivity index (χ3v) is 3.03. The average Bonchev–Trinajstić information content (AvgIpc) is 2.37. The molecule has 0 aromatic carbocycles. The van der Waals surface area contributed by atoms with Crippen molar-refractivity contribution in [3.8, 4) is 0 Å². The van der Waals surface area contributed by atoms with Crippen LogP contribution in [0.15, 0.2) is 0 Å². The number of rotatable bonds is 7. The summed E-state index contributed by atoms with van der Waals surface area (Å²) in [6, 6.07) is 0. The van der Waals surface area contributed by atoms with Crippen molar-refractivity contribution in [3.05, 3.63) is 0 Å². The van der Waals surface area contributed by atoms with Gasteiger partial charge in [0.15, 0.2) is 6.29 Å². The standard InChI is InChI=1S/C13H27NO5/c1-4-5-14-6-9-10(15)11(16)12(17)13(19-9)18-7-8(2)3/h8-17H,4-7H2,1-3H3/t9-,10-,11+,12-,13+/m1/s1. The predicted octanol–water partition coefficient (Wildman–Crippen LogP) is -0.534. The SMILES string of the molecule is CCCNC[C@H]1O[C@H](OCC(C)C)[C@H](O)[C@@H](O)[C@@H]1O. The first-order valence-electron chi connectivity index (χ1n) is 6.99. The van der Waals surface area contributed by atoms with Gasteiger partial charge in [0, 0.05) is 6.54 Å². The van der Waals surface area contributed by atoms with E-state index in [-0.39, 0.29) is 0 Å². The Labute approximate surface area is 114 Å². The zero-order chi connectivity index (χ0) is 14.4. The molecule has 6 heteroatoms. The molecule has 0 bridgehead atoms. The van der Waals surface area contributed by atoms with E-state index in [2.05, 4.69) is 5.32 Å². The lowest BCUT2D eigenvalue weighted by molar-refractivity contribution is -0.297. The summed E-state index contributed by atoms with van der Waals surface area (Å²) in [6.07, 6.45) is -4.09. The molecular weight excluding hydrogens is 250 g/mol. The predicted molar refractivity (Wildman–Crippen MR) is 70.6 cm³/mol. The highest BCUT2D eigenvalue weighted by molar-refractivity contribution is 4.90. The summed E-state index contributed by atoms with van der Waals surface area (Å²) in [5.41, 5.74) is 0. The van der Waals surface area contributed by atoms with Gasteiger partial charge in [-0.25, -0.2) is 0 Å². The summed E-state index contributed by atoms with van der Waals surface area (Å²) in [4.78, 5) is 0. The van der Waals surface area contributed by atoms with Crippen LogP contribution in [0.2, 0.25) is 0 Å². The molecule has 1 rings (SSSR count). The maximum absolute atomic E-state index is 9.87. The van der Waals surface area contributed by atoms with Crippen LogP contribution >= 0.6 is 0 Å². The monoisotopic (exact) mass is 277 g/mol. The summed E-state index contributed by atoms with van der Waals surface area (Å²) in [5.74, 6) is 0.302. The van der Waals surface area contributed by atoms with Gasteiger partial charge in [-0.05, 0) is 18.9 Å². The Bertz CT molecular complexity index is 251. The molecule has 0 radical (unpaired) electrons. The van der Waals surface area contributed by atoms with E-state index in [1.54, 1.807) is 0 Å². The van der Waals surface area contributed by atoms with Crippen molar-refractivity contribution in [2.75, 3.05) is 19.7 Å². The summed E-state index contributed by atoms with van der Waals surface area (Å²) in [6.45, 7) is 7.67. The molecule has 4 N–H and O–H groups in total. The van der Waals surface area contributed by atoms with Crippen molar-refractivity contribution in [1.29, 1.82) is 0 Å². The number of hydrogen-bond donors (Lipinski definition) is 4. The Morgan fingerprint density at radius 1 is 1.16 bits per heavy atom. The van der Waals surface area contributed by atoms with Crippen LogP contribution in [-0.2, 0) is 9.47 Å². The summed E-state index contributed by atoms with van der Waals surface area (Å²) >= 11 is 0. The summed E-state index contributed by atoms with van der Waals surface area (Å²) < 4.78 is 11.0. The topological polar surface area (TPSA) is 91.2 Å². The molecule has 1 aliphatic heterocycles. The Hall–Kier alpha value is -0.240. The molecule has 1 heterocycles. The molecule has 1 saturated heterocycles. The molecule has 19 heavy (non-hydrogen) atoms. The smallest absolute Gasteiger partial charge is 0.186 e. The number of hydrogen-bond acceptors (Lipinski definition) is 6. The van der Waals surface area contributed by atoms with Crippen molar-refractivity contribution in [3.63, 3.8) is 0 Å². The van der Waals surface area contributed by atoms with Crippen LogP contribution in [0.5, 0.6) is 0 Å².